The molecule has 1 aromatic heterocycles. The summed E-state index contributed by atoms with van der Waals surface area (Å²) >= 11 is 0. The van der Waals surface area contributed by atoms with Gasteiger partial charge >= 0.3 is 0 Å². The fourth-order valence-corrected chi connectivity index (χ4v) is 5.13. The van der Waals surface area contributed by atoms with Gasteiger partial charge in [-0.1, -0.05) is 60.7 Å². The predicted molar refractivity (Wildman–Crippen MR) is 127 cm³/mol. The summed E-state index contributed by atoms with van der Waals surface area (Å²) in [4.78, 5) is 4.87. The normalized spacial score (nSPS) is 13.1. The number of hydrogen-bond acceptors (Lipinski definition) is 1. The lowest BCUT2D eigenvalue weighted by Gasteiger charge is -2.14. The molecule has 1 aliphatic carbocycles. The Morgan fingerprint density at radius 2 is 1.50 bits per heavy atom. The summed E-state index contributed by atoms with van der Waals surface area (Å²) in [6.07, 6.45) is 5.54. The molecule has 0 spiro atoms. The van der Waals surface area contributed by atoms with Crippen molar-refractivity contribution in [2.75, 3.05) is 0 Å². The van der Waals surface area contributed by atoms with Gasteiger partial charge in [0, 0.05) is 17.1 Å². The second-order valence-electron chi connectivity index (χ2n) is 8.37. The van der Waals surface area contributed by atoms with Crippen molar-refractivity contribution >= 4 is 21.5 Å². The van der Waals surface area contributed by atoms with Crippen LogP contribution in [0.4, 0.5) is 0 Å². The fraction of sp³-hybridized carbons (Fsp3) is 0.138. The highest BCUT2D eigenvalue weighted by atomic mass is 14.7. The second-order valence-corrected chi connectivity index (χ2v) is 8.37. The van der Waals surface area contributed by atoms with Gasteiger partial charge in [0.15, 0.2) is 0 Å². The number of aromatic nitrogens is 1. The molecule has 4 aromatic carbocycles. The van der Waals surface area contributed by atoms with E-state index in [4.69, 9.17) is 4.98 Å². The Hall–Kier alpha value is -3.45. The van der Waals surface area contributed by atoms with Gasteiger partial charge in [0.1, 0.15) is 0 Å². The van der Waals surface area contributed by atoms with E-state index in [1.165, 1.54) is 67.8 Å². The molecular weight excluding hydrogens is 362 g/mol. The van der Waals surface area contributed by atoms with Crippen LogP contribution in [0.3, 0.4) is 0 Å². The molecule has 5 aromatic rings. The predicted octanol–water partition coefficient (Wildman–Crippen LogP) is 7.52. The van der Waals surface area contributed by atoms with Gasteiger partial charge in [-0.3, -0.25) is 4.98 Å². The van der Waals surface area contributed by atoms with Crippen molar-refractivity contribution in [1.29, 1.82) is 0 Å². The van der Waals surface area contributed by atoms with Gasteiger partial charge in [-0.2, -0.15) is 0 Å². The minimum atomic E-state index is 1.09. The van der Waals surface area contributed by atoms with Crippen molar-refractivity contribution < 1.29 is 0 Å². The average Bonchev–Trinajstić information content (AvgIpc) is 3.27. The Bertz CT molecular complexity index is 1410. The number of rotatable bonds is 2. The van der Waals surface area contributed by atoms with Gasteiger partial charge in [-0.25, -0.2) is 0 Å². The fourth-order valence-electron chi connectivity index (χ4n) is 5.13. The van der Waals surface area contributed by atoms with Crippen LogP contribution in [-0.2, 0) is 12.8 Å². The van der Waals surface area contributed by atoms with E-state index in [2.05, 4.69) is 85.8 Å². The number of benzene rings is 4. The molecule has 6 rings (SSSR count). The first-order chi connectivity index (χ1) is 14.8. The maximum atomic E-state index is 4.87. The summed E-state index contributed by atoms with van der Waals surface area (Å²) in [6, 6.07) is 28.8. The lowest BCUT2D eigenvalue weighted by Crippen LogP contribution is -1.94. The first-order valence-electron chi connectivity index (χ1n) is 10.8. The third-order valence-electron chi connectivity index (χ3n) is 6.59. The number of aryl methyl sites for hydroxylation is 2. The second kappa shape index (κ2) is 6.81. The van der Waals surface area contributed by atoms with E-state index in [9.17, 15) is 0 Å². The van der Waals surface area contributed by atoms with Gasteiger partial charge in [0.05, 0.1) is 5.69 Å². The zero-order valence-corrected chi connectivity index (χ0v) is 17.2. The molecule has 0 atom stereocenters. The van der Waals surface area contributed by atoms with Crippen LogP contribution in [-0.4, -0.2) is 4.98 Å². The van der Waals surface area contributed by atoms with Crippen molar-refractivity contribution in [2.24, 2.45) is 0 Å². The highest BCUT2D eigenvalue weighted by Gasteiger charge is 2.19. The average molecular weight is 386 g/mol. The highest BCUT2D eigenvalue weighted by Crippen LogP contribution is 2.39. The quantitative estimate of drug-likeness (QED) is 0.286. The number of nitrogens with zero attached hydrogens (tertiary/aromatic N) is 1. The summed E-state index contributed by atoms with van der Waals surface area (Å²) in [5.41, 5.74) is 9.31. The maximum Gasteiger partial charge on any atom is 0.0780 e. The van der Waals surface area contributed by atoms with Gasteiger partial charge in [-0.15, -0.1) is 0 Å². The molecule has 0 N–H and O–H groups in total. The summed E-state index contributed by atoms with van der Waals surface area (Å²) in [5, 5.41) is 5.14. The van der Waals surface area contributed by atoms with E-state index in [-0.39, 0.29) is 0 Å². The molecule has 1 heteroatoms. The van der Waals surface area contributed by atoms with Crippen LogP contribution in [0.2, 0.25) is 0 Å². The van der Waals surface area contributed by atoms with E-state index in [0.717, 1.165) is 12.1 Å². The molecular formula is C29H23N. The summed E-state index contributed by atoms with van der Waals surface area (Å²) in [7, 11) is 0. The van der Waals surface area contributed by atoms with Crippen molar-refractivity contribution in [1.82, 2.24) is 4.98 Å². The van der Waals surface area contributed by atoms with Crippen LogP contribution in [0.25, 0.3) is 43.9 Å². The van der Waals surface area contributed by atoms with Gasteiger partial charge in [0.25, 0.3) is 0 Å². The van der Waals surface area contributed by atoms with E-state index in [1.54, 1.807) is 0 Å². The summed E-state index contributed by atoms with van der Waals surface area (Å²) in [6.45, 7) is 2.18. The standard InChI is InChI=1S/C29H23N/c1-19-7-5-12-25-23(19)13-14-27-26(25)15-16-30-29(27)22-17-21-10-6-11-24(21)28(18-22)20-8-3-2-4-9-20/h2-5,7-9,12-18H,6,10-11H2,1H3. The Labute approximate surface area is 177 Å². The third kappa shape index (κ3) is 2.66. The molecule has 0 fully saturated rings. The first-order valence-corrected chi connectivity index (χ1v) is 10.8. The van der Waals surface area contributed by atoms with E-state index in [0.29, 0.717) is 0 Å². The molecule has 1 nitrogen and oxygen atoms in total. The van der Waals surface area contributed by atoms with Crippen LogP contribution in [0.1, 0.15) is 23.1 Å². The Balaban J connectivity index is 1.63. The SMILES string of the molecule is Cc1cccc2c1ccc1c(-c3cc4c(c(-c5ccccc5)c3)CCC4)nccc12. The summed E-state index contributed by atoms with van der Waals surface area (Å²) < 4.78 is 0. The molecule has 0 aliphatic heterocycles. The highest BCUT2D eigenvalue weighted by molar-refractivity contribution is 6.12. The number of pyridine rings is 1. The third-order valence-corrected chi connectivity index (χ3v) is 6.59. The first kappa shape index (κ1) is 17.4. The van der Waals surface area contributed by atoms with Crippen molar-refractivity contribution in [3.8, 4) is 22.4 Å². The topological polar surface area (TPSA) is 12.9 Å². The van der Waals surface area contributed by atoms with Gasteiger partial charge in [0.2, 0.25) is 0 Å². The van der Waals surface area contributed by atoms with Crippen molar-refractivity contribution in [3.05, 3.63) is 102 Å². The Morgan fingerprint density at radius 3 is 2.40 bits per heavy atom. The smallest absolute Gasteiger partial charge is 0.0780 e. The Kier molecular flexibility index (Phi) is 3.95. The largest absolute Gasteiger partial charge is 0.256 e. The molecule has 144 valence electrons. The lowest BCUT2D eigenvalue weighted by atomic mass is 9.91. The van der Waals surface area contributed by atoms with E-state index < -0.39 is 0 Å². The minimum absolute atomic E-state index is 1.09. The monoisotopic (exact) mass is 385 g/mol. The molecule has 0 amide bonds. The van der Waals surface area contributed by atoms with E-state index in [1.807, 2.05) is 6.20 Å². The lowest BCUT2D eigenvalue weighted by molar-refractivity contribution is 0.912. The molecule has 0 radical (unpaired) electrons. The molecule has 1 aliphatic rings. The molecule has 0 saturated heterocycles. The van der Waals surface area contributed by atoms with Crippen LogP contribution < -0.4 is 0 Å². The molecule has 1 heterocycles. The van der Waals surface area contributed by atoms with Gasteiger partial charge < -0.3 is 0 Å². The van der Waals surface area contributed by atoms with Crippen LogP contribution in [0.15, 0.2) is 85.1 Å². The number of fused-ring (bicyclic) bond motifs is 4. The molecule has 30 heavy (non-hydrogen) atoms. The van der Waals surface area contributed by atoms with Crippen molar-refractivity contribution in [2.45, 2.75) is 26.2 Å². The van der Waals surface area contributed by atoms with E-state index >= 15 is 0 Å². The number of hydrogen-bond donors (Lipinski definition) is 0. The zero-order valence-electron chi connectivity index (χ0n) is 17.2. The molecule has 0 saturated carbocycles. The molecule has 0 unspecified atom stereocenters. The Morgan fingerprint density at radius 1 is 0.667 bits per heavy atom. The molecule has 0 bridgehead atoms. The van der Waals surface area contributed by atoms with Crippen molar-refractivity contribution in [3.63, 3.8) is 0 Å². The summed E-state index contributed by atoms with van der Waals surface area (Å²) in [5.74, 6) is 0. The van der Waals surface area contributed by atoms with Crippen LogP contribution >= 0.6 is 0 Å². The minimum Gasteiger partial charge on any atom is -0.256 e. The maximum absolute atomic E-state index is 4.87. The van der Waals surface area contributed by atoms with Crippen LogP contribution in [0.5, 0.6) is 0 Å². The van der Waals surface area contributed by atoms with Gasteiger partial charge in [-0.05, 0) is 88.4 Å². The zero-order chi connectivity index (χ0) is 20.1. The van der Waals surface area contributed by atoms with Crippen LogP contribution in [0, 0.1) is 6.92 Å².